The Balaban J connectivity index is 1.68. The minimum Gasteiger partial charge on any atom is -0.335 e. The van der Waals surface area contributed by atoms with Crippen LogP contribution in [0.25, 0.3) is 11.1 Å². The number of halogens is 3. The second-order valence-corrected chi connectivity index (χ2v) is 11.8. The van der Waals surface area contributed by atoms with Crippen LogP contribution < -0.4 is 10.0 Å². The van der Waals surface area contributed by atoms with Gasteiger partial charge in [0.15, 0.2) is 0 Å². The van der Waals surface area contributed by atoms with Gasteiger partial charge < -0.3 is 10.2 Å². The van der Waals surface area contributed by atoms with E-state index < -0.39 is 51.0 Å². The van der Waals surface area contributed by atoms with Crippen molar-refractivity contribution < 1.29 is 26.4 Å². The monoisotopic (exact) mass is 509 g/mol. The number of sulfonamides is 1. The van der Waals surface area contributed by atoms with Gasteiger partial charge in [0.1, 0.15) is 11.5 Å². The molecule has 1 aliphatic carbocycles. The molecule has 1 heterocycles. The molecule has 6 nitrogen and oxygen atoms in total. The second kappa shape index (κ2) is 9.46. The number of hydrogen-bond donors (Lipinski definition) is 2. The topological polar surface area (TPSA) is 78.5 Å². The summed E-state index contributed by atoms with van der Waals surface area (Å²) in [6.45, 7) is 2.65. The van der Waals surface area contributed by atoms with Crippen molar-refractivity contribution in [3.05, 3.63) is 59.9 Å². The highest BCUT2D eigenvalue weighted by molar-refractivity contribution is 7.89. The van der Waals surface area contributed by atoms with E-state index in [0.717, 1.165) is 0 Å². The lowest BCUT2D eigenvalue weighted by molar-refractivity contribution is 0.170. The molecule has 0 unspecified atom stereocenters. The van der Waals surface area contributed by atoms with Crippen molar-refractivity contribution in [1.29, 1.82) is 0 Å². The van der Waals surface area contributed by atoms with E-state index in [0.29, 0.717) is 29.5 Å². The van der Waals surface area contributed by atoms with E-state index in [1.54, 1.807) is 42.5 Å². The number of likely N-dealkylation sites (tertiary alicyclic amines) is 1. The van der Waals surface area contributed by atoms with Gasteiger partial charge in [-0.1, -0.05) is 48.5 Å². The van der Waals surface area contributed by atoms with Gasteiger partial charge in [-0.15, -0.1) is 0 Å². The van der Waals surface area contributed by atoms with Crippen LogP contribution in [0.2, 0.25) is 0 Å². The molecule has 1 spiro atoms. The van der Waals surface area contributed by atoms with Crippen molar-refractivity contribution in [2.45, 2.75) is 50.9 Å². The number of hydrogen-bond acceptors (Lipinski definition) is 3. The zero-order chi connectivity index (χ0) is 25.4. The van der Waals surface area contributed by atoms with E-state index in [9.17, 15) is 22.0 Å². The molecule has 190 valence electrons. The van der Waals surface area contributed by atoms with E-state index >= 15 is 4.39 Å². The molecule has 2 amide bonds. The summed E-state index contributed by atoms with van der Waals surface area (Å²) >= 11 is 0. The van der Waals surface area contributed by atoms with E-state index in [4.69, 9.17) is 0 Å². The summed E-state index contributed by atoms with van der Waals surface area (Å²) in [4.78, 5) is 14.5. The molecule has 2 fully saturated rings. The van der Waals surface area contributed by atoms with Crippen LogP contribution in [0.5, 0.6) is 0 Å². The first kappa shape index (κ1) is 25.5. The number of carbonyl (C=O) groups excluding carboxylic acids is 1. The maximum Gasteiger partial charge on any atom is 0.317 e. The largest absolute Gasteiger partial charge is 0.335 e. The smallest absolute Gasteiger partial charge is 0.317 e. The fraction of sp³-hybridized carbons (Fsp3) is 0.480. The standard InChI is InChI=1S/C25H30F3N3O3S/c1-24(2,28)14-29-23(32)31-15-25(11-12-25)22(30-35(33,34)16-26)20(31)13-18-9-6-10-19(21(18)27)17-7-4-3-5-8-17/h3-10,20,22,30H,11-16H2,1-2H3,(H,29,32)/t20-,22+/m0/s1. The quantitative estimate of drug-likeness (QED) is 0.561. The van der Waals surface area contributed by atoms with Gasteiger partial charge in [-0.05, 0) is 44.2 Å². The molecule has 1 saturated heterocycles. The fourth-order valence-electron chi connectivity index (χ4n) is 4.84. The molecule has 2 N–H and O–H groups in total. The van der Waals surface area contributed by atoms with Crippen LogP contribution in [0.15, 0.2) is 48.5 Å². The van der Waals surface area contributed by atoms with Crippen LogP contribution in [-0.2, 0) is 16.4 Å². The normalized spacial score (nSPS) is 21.3. The molecule has 1 saturated carbocycles. The molecule has 1 aliphatic heterocycles. The highest BCUT2D eigenvalue weighted by Gasteiger charge is 2.61. The van der Waals surface area contributed by atoms with Gasteiger partial charge in [-0.2, -0.15) is 0 Å². The van der Waals surface area contributed by atoms with Crippen LogP contribution in [-0.4, -0.2) is 56.2 Å². The average molecular weight is 510 g/mol. The second-order valence-electron chi connectivity index (χ2n) is 10.1. The average Bonchev–Trinajstić information content (AvgIpc) is 3.54. The third kappa shape index (κ3) is 5.64. The molecule has 2 aromatic carbocycles. The minimum absolute atomic E-state index is 0.0141. The molecule has 2 atom stereocenters. The molecule has 0 bridgehead atoms. The first-order valence-electron chi connectivity index (χ1n) is 11.6. The molecular weight excluding hydrogens is 479 g/mol. The van der Waals surface area contributed by atoms with Crippen molar-refractivity contribution in [3.8, 4) is 11.1 Å². The maximum atomic E-state index is 15.6. The van der Waals surface area contributed by atoms with E-state index in [1.165, 1.54) is 18.7 Å². The molecule has 0 radical (unpaired) electrons. The number of benzene rings is 2. The van der Waals surface area contributed by atoms with Crippen molar-refractivity contribution in [3.63, 3.8) is 0 Å². The van der Waals surface area contributed by atoms with Crippen LogP contribution in [0.4, 0.5) is 18.0 Å². The molecule has 4 rings (SSSR count). The van der Waals surface area contributed by atoms with E-state index in [-0.39, 0.29) is 19.5 Å². The SMILES string of the molecule is CC(C)(F)CNC(=O)N1CC2(CC2)[C@H](NS(=O)(=O)CF)[C@@H]1Cc1cccc(-c2ccccc2)c1F. The fourth-order valence-corrected chi connectivity index (χ4v) is 5.70. The molecule has 2 aromatic rings. The Kier molecular flexibility index (Phi) is 6.89. The molecule has 2 aliphatic rings. The lowest BCUT2D eigenvalue weighted by Gasteiger charge is -2.30. The van der Waals surface area contributed by atoms with Gasteiger partial charge >= 0.3 is 6.03 Å². The Morgan fingerprint density at radius 3 is 2.43 bits per heavy atom. The number of amides is 2. The van der Waals surface area contributed by atoms with E-state index in [1.807, 2.05) is 6.07 Å². The van der Waals surface area contributed by atoms with Crippen molar-refractivity contribution in [2.24, 2.45) is 5.41 Å². The predicted molar refractivity (Wildman–Crippen MR) is 128 cm³/mol. The third-order valence-corrected chi connectivity index (χ3v) is 7.69. The molecule has 0 aromatic heterocycles. The zero-order valence-electron chi connectivity index (χ0n) is 19.7. The van der Waals surface area contributed by atoms with Crippen molar-refractivity contribution in [1.82, 2.24) is 14.9 Å². The maximum absolute atomic E-state index is 15.6. The van der Waals surface area contributed by atoms with Gasteiger partial charge in [0.25, 0.3) is 0 Å². The van der Waals surface area contributed by atoms with Crippen molar-refractivity contribution in [2.75, 3.05) is 19.1 Å². The number of urea groups is 1. The minimum atomic E-state index is -4.23. The number of rotatable bonds is 8. The Morgan fingerprint density at radius 2 is 1.83 bits per heavy atom. The summed E-state index contributed by atoms with van der Waals surface area (Å²) in [5.74, 6) is -0.465. The third-order valence-electron chi connectivity index (χ3n) is 6.79. The highest BCUT2D eigenvalue weighted by Crippen LogP contribution is 2.55. The van der Waals surface area contributed by atoms with Gasteiger partial charge in [-0.3, -0.25) is 0 Å². The zero-order valence-corrected chi connectivity index (χ0v) is 20.5. The summed E-state index contributed by atoms with van der Waals surface area (Å²) < 4.78 is 69.7. The number of nitrogens with one attached hydrogen (secondary N) is 2. The van der Waals surface area contributed by atoms with Gasteiger partial charge in [0, 0.05) is 23.6 Å². The first-order valence-corrected chi connectivity index (χ1v) is 13.2. The summed E-state index contributed by atoms with van der Waals surface area (Å²) in [5.41, 5.74) is -0.817. The van der Waals surface area contributed by atoms with Crippen LogP contribution in [0, 0.1) is 11.2 Å². The first-order chi connectivity index (χ1) is 16.4. The summed E-state index contributed by atoms with van der Waals surface area (Å²) in [7, 11) is -4.23. The van der Waals surface area contributed by atoms with Crippen LogP contribution >= 0.6 is 0 Å². The summed E-state index contributed by atoms with van der Waals surface area (Å²) in [5, 5.41) is 2.56. The van der Waals surface area contributed by atoms with Crippen molar-refractivity contribution >= 4 is 16.1 Å². The lowest BCUT2D eigenvalue weighted by atomic mass is 9.91. The van der Waals surface area contributed by atoms with Gasteiger partial charge in [0.2, 0.25) is 16.0 Å². The predicted octanol–water partition coefficient (Wildman–Crippen LogP) is 4.17. The molecular formula is C25H30F3N3O3S. The van der Waals surface area contributed by atoms with Gasteiger partial charge in [0.05, 0.1) is 12.6 Å². The summed E-state index contributed by atoms with van der Waals surface area (Å²) in [6.07, 6.45) is 1.31. The Morgan fingerprint density at radius 1 is 1.14 bits per heavy atom. The lowest BCUT2D eigenvalue weighted by Crippen LogP contribution is -2.52. The number of carbonyl (C=O) groups is 1. The van der Waals surface area contributed by atoms with Gasteiger partial charge in [-0.25, -0.2) is 31.1 Å². The highest BCUT2D eigenvalue weighted by atomic mass is 32.2. The Hall–Kier alpha value is -2.59. The summed E-state index contributed by atoms with van der Waals surface area (Å²) in [6, 6.07) is 10.2. The number of nitrogens with zero attached hydrogens (tertiary/aromatic N) is 1. The van der Waals surface area contributed by atoms with E-state index in [2.05, 4.69) is 10.0 Å². The van der Waals surface area contributed by atoms with Crippen LogP contribution in [0.1, 0.15) is 32.3 Å². The van der Waals surface area contributed by atoms with Crippen LogP contribution in [0.3, 0.4) is 0 Å². The Bertz CT molecular complexity index is 1180. The molecule has 35 heavy (non-hydrogen) atoms. The molecule has 10 heteroatoms. The number of alkyl halides is 2. The Labute approximate surface area is 203 Å².